The Morgan fingerprint density at radius 1 is 1.25 bits per heavy atom. The Labute approximate surface area is 121 Å². The van der Waals surface area contributed by atoms with E-state index in [9.17, 15) is 9.59 Å². The van der Waals surface area contributed by atoms with E-state index in [1.54, 1.807) is 6.92 Å². The maximum atomic E-state index is 12.0. The highest BCUT2D eigenvalue weighted by Crippen LogP contribution is 2.17. The van der Waals surface area contributed by atoms with Crippen LogP contribution in [0.5, 0.6) is 0 Å². The number of hydrogen-bond donors (Lipinski definition) is 2. The Morgan fingerprint density at radius 2 is 1.95 bits per heavy atom. The highest BCUT2D eigenvalue weighted by molar-refractivity contribution is 5.81. The Bertz CT molecular complexity index is 301. The molecule has 1 atom stereocenters. The van der Waals surface area contributed by atoms with E-state index < -0.39 is 0 Å². The number of esters is 1. The first kappa shape index (κ1) is 17.0. The molecule has 0 aromatic heterocycles. The summed E-state index contributed by atoms with van der Waals surface area (Å²) >= 11 is 0. The van der Waals surface area contributed by atoms with E-state index in [4.69, 9.17) is 4.74 Å². The summed E-state index contributed by atoms with van der Waals surface area (Å²) < 4.78 is 4.85. The summed E-state index contributed by atoms with van der Waals surface area (Å²) in [6.07, 6.45) is 7.01. The molecule has 1 unspecified atom stereocenters. The van der Waals surface area contributed by atoms with Crippen molar-refractivity contribution in [1.29, 1.82) is 0 Å². The van der Waals surface area contributed by atoms with E-state index in [1.807, 2.05) is 6.92 Å². The summed E-state index contributed by atoms with van der Waals surface area (Å²) in [4.78, 5) is 23.1. The molecular weight excluding hydrogens is 256 g/mol. The molecule has 0 aromatic rings. The van der Waals surface area contributed by atoms with Gasteiger partial charge in [-0.3, -0.25) is 9.59 Å². The lowest BCUT2D eigenvalue weighted by Crippen LogP contribution is -2.47. The molecular formula is C15H28N2O3. The van der Waals surface area contributed by atoms with Crippen molar-refractivity contribution in [3.05, 3.63) is 0 Å². The molecule has 0 heterocycles. The van der Waals surface area contributed by atoms with Crippen molar-refractivity contribution in [2.45, 2.75) is 70.9 Å². The van der Waals surface area contributed by atoms with Crippen LogP contribution in [0.25, 0.3) is 0 Å². The number of rotatable bonds is 8. The maximum absolute atomic E-state index is 12.0. The molecule has 1 rings (SSSR count). The van der Waals surface area contributed by atoms with Crippen molar-refractivity contribution in [3.63, 3.8) is 0 Å². The molecule has 5 nitrogen and oxygen atoms in total. The minimum absolute atomic E-state index is 0.0630. The average Bonchev–Trinajstić information content (AvgIpc) is 2.44. The lowest BCUT2D eigenvalue weighted by molar-refractivity contribution is -0.143. The van der Waals surface area contributed by atoms with Crippen molar-refractivity contribution in [2.75, 3.05) is 13.2 Å². The van der Waals surface area contributed by atoms with Gasteiger partial charge in [0.2, 0.25) is 5.91 Å². The van der Waals surface area contributed by atoms with E-state index in [1.165, 1.54) is 19.3 Å². The fourth-order valence-electron chi connectivity index (χ4n) is 2.45. The minimum Gasteiger partial charge on any atom is -0.466 e. The lowest BCUT2D eigenvalue weighted by atomic mass is 9.95. The van der Waals surface area contributed by atoms with Gasteiger partial charge in [-0.1, -0.05) is 19.3 Å². The van der Waals surface area contributed by atoms with Gasteiger partial charge in [0, 0.05) is 12.5 Å². The predicted octanol–water partition coefficient (Wildman–Crippen LogP) is 1.76. The molecule has 1 saturated carbocycles. The van der Waals surface area contributed by atoms with Crippen LogP contribution in [0.3, 0.4) is 0 Å². The van der Waals surface area contributed by atoms with Crippen LogP contribution in [0.2, 0.25) is 0 Å². The summed E-state index contributed by atoms with van der Waals surface area (Å²) in [5, 5.41) is 6.25. The van der Waals surface area contributed by atoms with Gasteiger partial charge in [-0.25, -0.2) is 0 Å². The number of carbonyl (C=O) groups is 2. The van der Waals surface area contributed by atoms with Gasteiger partial charge in [-0.05, 0) is 39.7 Å². The zero-order chi connectivity index (χ0) is 14.8. The van der Waals surface area contributed by atoms with Crippen LogP contribution in [0.1, 0.15) is 58.8 Å². The molecule has 1 aliphatic rings. The molecule has 0 spiro atoms. The van der Waals surface area contributed by atoms with Gasteiger partial charge in [-0.15, -0.1) is 0 Å². The maximum Gasteiger partial charge on any atom is 0.305 e. The SMILES string of the molecule is CCOC(=O)CCCNC(C)C(=O)NC1CCCCC1. The van der Waals surface area contributed by atoms with E-state index >= 15 is 0 Å². The second-order valence-electron chi connectivity index (χ2n) is 5.43. The van der Waals surface area contributed by atoms with Crippen molar-refractivity contribution in [2.24, 2.45) is 0 Å². The van der Waals surface area contributed by atoms with Gasteiger partial charge in [0.25, 0.3) is 0 Å². The van der Waals surface area contributed by atoms with Crippen LogP contribution in [-0.4, -0.2) is 37.1 Å². The minimum atomic E-state index is -0.209. The Balaban J connectivity index is 2.10. The molecule has 0 aliphatic heterocycles. The number of nitrogens with one attached hydrogen (secondary N) is 2. The third-order valence-electron chi connectivity index (χ3n) is 3.66. The summed E-state index contributed by atoms with van der Waals surface area (Å²) in [7, 11) is 0. The van der Waals surface area contributed by atoms with Crippen molar-refractivity contribution in [1.82, 2.24) is 10.6 Å². The number of ether oxygens (including phenoxy) is 1. The summed E-state index contributed by atoms with van der Waals surface area (Å²) in [6, 6.07) is 0.138. The number of carbonyl (C=O) groups excluding carboxylic acids is 2. The van der Waals surface area contributed by atoms with Gasteiger partial charge in [-0.2, -0.15) is 0 Å². The first-order valence-corrected chi connectivity index (χ1v) is 7.83. The van der Waals surface area contributed by atoms with Gasteiger partial charge < -0.3 is 15.4 Å². The van der Waals surface area contributed by atoms with Gasteiger partial charge in [0.1, 0.15) is 0 Å². The summed E-state index contributed by atoms with van der Waals surface area (Å²) in [6.45, 7) is 4.74. The smallest absolute Gasteiger partial charge is 0.305 e. The predicted molar refractivity (Wildman–Crippen MR) is 78.3 cm³/mol. The molecule has 5 heteroatoms. The van der Waals surface area contributed by atoms with Crippen molar-refractivity contribution >= 4 is 11.9 Å². The van der Waals surface area contributed by atoms with E-state index in [2.05, 4.69) is 10.6 Å². The van der Waals surface area contributed by atoms with Crippen LogP contribution >= 0.6 is 0 Å². The monoisotopic (exact) mass is 284 g/mol. The van der Waals surface area contributed by atoms with Crippen molar-refractivity contribution < 1.29 is 14.3 Å². The molecule has 2 N–H and O–H groups in total. The summed E-state index contributed by atoms with van der Waals surface area (Å²) in [5.74, 6) is -0.110. The topological polar surface area (TPSA) is 67.4 Å². The second kappa shape index (κ2) is 9.75. The molecule has 0 aromatic carbocycles. The van der Waals surface area contributed by atoms with Gasteiger partial charge in [0.05, 0.1) is 12.6 Å². The Hall–Kier alpha value is -1.10. The molecule has 20 heavy (non-hydrogen) atoms. The number of amides is 1. The average molecular weight is 284 g/mol. The zero-order valence-electron chi connectivity index (χ0n) is 12.7. The van der Waals surface area contributed by atoms with Crippen LogP contribution < -0.4 is 10.6 Å². The third-order valence-corrected chi connectivity index (χ3v) is 3.66. The standard InChI is InChI=1S/C15H28N2O3/c1-3-20-14(18)10-7-11-16-12(2)15(19)17-13-8-5-4-6-9-13/h12-13,16H,3-11H2,1-2H3,(H,17,19). The number of hydrogen-bond acceptors (Lipinski definition) is 4. The third kappa shape index (κ3) is 6.89. The summed E-state index contributed by atoms with van der Waals surface area (Å²) in [5.41, 5.74) is 0. The molecule has 0 saturated heterocycles. The van der Waals surface area contributed by atoms with Crippen LogP contribution in [0, 0.1) is 0 Å². The van der Waals surface area contributed by atoms with Gasteiger partial charge >= 0.3 is 5.97 Å². The Kier molecular flexibility index (Phi) is 8.26. The molecule has 0 bridgehead atoms. The van der Waals surface area contributed by atoms with Crippen LogP contribution in [-0.2, 0) is 14.3 Å². The van der Waals surface area contributed by atoms with E-state index in [0.29, 0.717) is 32.0 Å². The second-order valence-corrected chi connectivity index (χ2v) is 5.43. The fourth-order valence-corrected chi connectivity index (χ4v) is 2.45. The van der Waals surface area contributed by atoms with Gasteiger partial charge in [0.15, 0.2) is 0 Å². The van der Waals surface area contributed by atoms with E-state index in [-0.39, 0.29) is 17.9 Å². The zero-order valence-corrected chi connectivity index (χ0v) is 12.7. The van der Waals surface area contributed by atoms with Crippen LogP contribution in [0.15, 0.2) is 0 Å². The molecule has 0 radical (unpaired) electrons. The lowest BCUT2D eigenvalue weighted by Gasteiger charge is -2.24. The largest absolute Gasteiger partial charge is 0.466 e. The molecule has 1 fully saturated rings. The Morgan fingerprint density at radius 3 is 2.60 bits per heavy atom. The molecule has 1 amide bonds. The van der Waals surface area contributed by atoms with Crippen molar-refractivity contribution in [3.8, 4) is 0 Å². The highest BCUT2D eigenvalue weighted by atomic mass is 16.5. The molecule has 116 valence electrons. The first-order chi connectivity index (χ1) is 9.63. The van der Waals surface area contributed by atoms with Crippen LogP contribution in [0.4, 0.5) is 0 Å². The normalized spacial score (nSPS) is 17.5. The highest BCUT2D eigenvalue weighted by Gasteiger charge is 2.19. The van der Waals surface area contributed by atoms with E-state index in [0.717, 1.165) is 12.8 Å². The quantitative estimate of drug-likeness (QED) is 0.526. The first-order valence-electron chi connectivity index (χ1n) is 7.83. The fraction of sp³-hybridized carbons (Fsp3) is 0.867. The molecule has 1 aliphatic carbocycles.